The van der Waals surface area contributed by atoms with E-state index < -0.39 is 11.2 Å². The van der Waals surface area contributed by atoms with Crippen molar-refractivity contribution in [2.45, 2.75) is 26.5 Å². The first-order valence-electron chi connectivity index (χ1n) is 8.65. The number of anilines is 1. The van der Waals surface area contributed by atoms with E-state index in [0.717, 1.165) is 16.7 Å². The molecule has 0 saturated carbocycles. The summed E-state index contributed by atoms with van der Waals surface area (Å²) in [6.45, 7) is 5.76. The second kappa shape index (κ2) is 8.41. The van der Waals surface area contributed by atoms with Gasteiger partial charge in [0.05, 0.1) is 0 Å². The van der Waals surface area contributed by atoms with E-state index >= 15 is 0 Å². The van der Waals surface area contributed by atoms with Crippen LogP contribution in [-0.4, -0.2) is 21.2 Å². The molecule has 1 atom stereocenters. The Hall–Kier alpha value is -2.57. The van der Waals surface area contributed by atoms with Gasteiger partial charge in [-0.05, 0) is 61.8 Å². The van der Waals surface area contributed by atoms with Gasteiger partial charge in [0.25, 0.3) is 5.91 Å². The molecule has 0 radical (unpaired) electrons. The maximum atomic E-state index is 12.4. The third-order valence-corrected chi connectivity index (χ3v) is 5.26. The molecule has 3 aromatic rings. The number of amides is 1. The van der Waals surface area contributed by atoms with Crippen molar-refractivity contribution in [1.82, 2.24) is 4.98 Å². The van der Waals surface area contributed by atoms with E-state index in [2.05, 4.69) is 10.3 Å². The first kappa shape index (κ1) is 19.2. The number of oxazole rings is 1. The molecular formula is C21H22N2O3S. The first-order valence-corrected chi connectivity index (χ1v) is 10.1. The summed E-state index contributed by atoms with van der Waals surface area (Å²) in [5.41, 5.74) is 4.40. The standard InChI is InChI=1S/C21H22N2O3S/c1-14-7-9-17(10-8-14)21-23-19(16(3)26-21)12-27(25)13-20(24)22-18-6-4-5-15(2)11-18/h4-11H,12-13H2,1-3H3,(H,22,24). The number of benzene rings is 2. The van der Waals surface area contributed by atoms with Crippen molar-refractivity contribution >= 4 is 22.8 Å². The zero-order valence-corrected chi connectivity index (χ0v) is 16.4. The highest BCUT2D eigenvalue weighted by atomic mass is 32.2. The number of hydrogen-bond acceptors (Lipinski definition) is 4. The molecule has 1 amide bonds. The Kier molecular flexibility index (Phi) is 5.98. The maximum absolute atomic E-state index is 12.4. The first-order chi connectivity index (χ1) is 12.9. The molecule has 3 rings (SSSR count). The lowest BCUT2D eigenvalue weighted by molar-refractivity contribution is -0.113. The topological polar surface area (TPSA) is 78.2 Å². The number of rotatable bonds is 6. The molecule has 2 aromatic carbocycles. The molecule has 0 aliphatic heterocycles. The number of hydrogen-bond donors (Lipinski definition) is 1. The van der Waals surface area contributed by atoms with Gasteiger partial charge in [-0.1, -0.05) is 29.8 Å². The van der Waals surface area contributed by atoms with Crippen LogP contribution in [0.2, 0.25) is 0 Å². The molecule has 27 heavy (non-hydrogen) atoms. The largest absolute Gasteiger partial charge is 0.616 e. The van der Waals surface area contributed by atoms with Gasteiger partial charge in [0.2, 0.25) is 5.89 Å². The molecule has 1 aromatic heterocycles. The van der Waals surface area contributed by atoms with Crippen LogP contribution in [0.4, 0.5) is 5.69 Å². The summed E-state index contributed by atoms with van der Waals surface area (Å²) in [5.74, 6) is 0.947. The van der Waals surface area contributed by atoms with E-state index in [9.17, 15) is 9.35 Å². The van der Waals surface area contributed by atoms with Crippen LogP contribution >= 0.6 is 0 Å². The number of aryl methyl sites for hydroxylation is 3. The zero-order valence-electron chi connectivity index (χ0n) is 15.6. The van der Waals surface area contributed by atoms with E-state index in [1.165, 1.54) is 0 Å². The lowest BCUT2D eigenvalue weighted by Gasteiger charge is -2.10. The molecule has 0 saturated heterocycles. The fourth-order valence-electron chi connectivity index (χ4n) is 2.65. The smallest absolute Gasteiger partial charge is 0.274 e. The summed E-state index contributed by atoms with van der Waals surface area (Å²) in [5, 5.41) is 2.77. The fourth-order valence-corrected chi connectivity index (χ4v) is 3.69. The minimum absolute atomic E-state index is 0.0832. The summed E-state index contributed by atoms with van der Waals surface area (Å²) in [6, 6.07) is 15.4. The van der Waals surface area contributed by atoms with Gasteiger partial charge in [0, 0.05) is 11.3 Å². The van der Waals surface area contributed by atoms with Crippen LogP contribution in [-0.2, 0) is 21.7 Å². The fraction of sp³-hybridized carbons (Fsp3) is 0.238. The van der Waals surface area contributed by atoms with Gasteiger partial charge in [-0.3, -0.25) is 4.79 Å². The van der Waals surface area contributed by atoms with Crippen LogP contribution in [0.1, 0.15) is 22.6 Å². The molecule has 0 bridgehead atoms. The molecule has 1 heterocycles. The molecule has 0 fully saturated rings. The Balaban J connectivity index is 1.61. The Morgan fingerprint density at radius 2 is 1.85 bits per heavy atom. The summed E-state index contributed by atoms with van der Waals surface area (Å²) in [4.78, 5) is 16.6. The lowest BCUT2D eigenvalue weighted by Crippen LogP contribution is -2.24. The summed E-state index contributed by atoms with van der Waals surface area (Å²) in [7, 11) is 0. The van der Waals surface area contributed by atoms with Gasteiger partial charge in [-0.25, -0.2) is 4.98 Å². The van der Waals surface area contributed by atoms with Gasteiger partial charge in [-0.2, -0.15) is 0 Å². The van der Waals surface area contributed by atoms with Crippen LogP contribution < -0.4 is 5.32 Å². The van der Waals surface area contributed by atoms with Crippen molar-refractivity contribution in [1.29, 1.82) is 0 Å². The van der Waals surface area contributed by atoms with Crippen molar-refractivity contribution < 1.29 is 13.8 Å². The predicted molar refractivity (Wildman–Crippen MR) is 108 cm³/mol. The van der Waals surface area contributed by atoms with E-state index in [1.54, 1.807) is 6.92 Å². The Bertz CT molecular complexity index is 935. The number of carbonyl (C=O) groups excluding carboxylic acids is 1. The van der Waals surface area contributed by atoms with Crippen molar-refractivity contribution in [3.8, 4) is 11.5 Å². The maximum Gasteiger partial charge on any atom is 0.274 e. The quantitative estimate of drug-likeness (QED) is 0.650. The van der Waals surface area contributed by atoms with E-state index in [0.29, 0.717) is 23.0 Å². The average Bonchev–Trinajstić information content (AvgIpc) is 2.95. The predicted octanol–water partition coefficient (Wildman–Crippen LogP) is 4.15. The molecule has 1 unspecified atom stereocenters. The summed E-state index contributed by atoms with van der Waals surface area (Å²) >= 11 is -1.37. The number of nitrogens with one attached hydrogen (secondary N) is 1. The highest BCUT2D eigenvalue weighted by molar-refractivity contribution is 7.91. The highest BCUT2D eigenvalue weighted by Gasteiger charge is 2.20. The van der Waals surface area contributed by atoms with Crippen molar-refractivity contribution in [2.75, 3.05) is 11.1 Å². The minimum atomic E-state index is -1.37. The Morgan fingerprint density at radius 3 is 2.56 bits per heavy atom. The van der Waals surface area contributed by atoms with Crippen molar-refractivity contribution in [3.63, 3.8) is 0 Å². The van der Waals surface area contributed by atoms with E-state index in [-0.39, 0.29) is 17.4 Å². The van der Waals surface area contributed by atoms with Crippen LogP contribution in [0.3, 0.4) is 0 Å². The normalized spacial score (nSPS) is 12.0. The molecule has 0 aliphatic carbocycles. The summed E-state index contributed by atoms with van der Waals surface area (Å²) in [6.07, 6.45) is 0. The third-order valence-electron chi connectivity index (χ3n) is 4.08. The third kappa shape index (κ3) is 5.21. The molecule has 5 nitrogen and oxygen atoms in total. The number of nitrogens with zero attached hydrogens (tertiary/aromatic N) is 1. The minimum Gasteiger partial charge on any atom is -0.616 e. The second-order valence-electron chi connectivity index (χ2n) is 6.53. The molecule has 140 valence electrons. The van der Waals surface area contributed by atoms with Crippen molar-refractivity contribution in [3.05, 3.63) is 71.1 Å². The van der Waals surface area contributed by atoms with Gasteiger partial charge in [0.1, 0.15) is 11.5 Å². The average molecular weight is 382 g/mol. The molecule has 0 spiro atoms. The van der Waals surface area contributed by atoms with Crippen LogP contribution in [0.5, 0.6) is 0 Å². The Morgan fingerprint density at radius 1 is 1.11 bits per heavy atom. The van der Waals surface area contributed by atoms with E-state index in [1.807, 2.05) is 62.4 Å². The van der Waals surface area contributed by atoms with Crippen molar-refractivity contribution in [2.24, 2.45) is 0 Å². The van der Waals surface area contributed by atoms with Gasteiger partial charge in [0.15, 0.2) is 11.5 Å². The van der Waals surface area contributed by atoms with Gasteiger partial charge < -0.3 is 14.3 Å². The molecule has 1 N–H and O–H groups in total. The van der Waals surface area contributed by atoms with E-state index in [4.69, 9.17) is 4.42 Å². The number of aromatic nitrogens is 1. The highest BCUT2D eigenvalue weighted by Crippen LogP contribution is 2.23. The van der Waals surface area contributed by atoms with Crippen LogP contribution in [0, 0.1) is 20.8 Å². The molecule has 0 aliphatic rings. The zero-order chi connectivity index (χ0) is 19.4. The number of carbonyl (C=O) groups is 1. The monoisotopic (exact) mass is 382 g/mol. The van der Waals surface area contributed by atoms with Gasteiger partial charge >= 0.3 is 0 Å². The second-order valence-corrected chi connectivity index (χ2v) is 7.99. The van der Waals surface area contributed by atoms with Crippen LogP contribution in [0.25, 0.3) is 11.5 Å². The van der Waals surface area contributed by atoms with Crippen LogP contribution in [0.15, 0.2) is 52.9 Å². The summed E-state index contributed by atoms with van der Waals surface area (Å²) < 4.78 is 18.1. The molecule has 6 heteroatoms. The molecular weight excluding hydrogens is 360 g/mol. The van der Waals surface area contributed by atoms with Gasteiger partial charge in [-0.15, -0.1) is 0 Å². The SMILES string of the molecule is Cc1ccc(-c2nc(C[S+]([O-])CC(=O)Nc3cccc(C)c3)c(C)o2)cc1. The Labute approximate surface area is 162 Å². The lowest BCUT2D eigenvalue weighted by atomic mass is 10.1.